The van der Waals surface area contributed by atoms with Crippen molar-refractivity contribution in [1.29, 1.82) is 0 Å². The molecule has 192 valence electrons. The standard InChI is InChI=1S/C18H16F2N6O8S2.2Na/c1-8-10(7-35(29,30)31)16(27)26(2)17(28)15(8)25-24-11-5-9(3-4-12(11)36(32,33)34)21-14-6-13(19)22-18(20)23-14;;/h3-6,27H,7H2,1-2H3,(H,21,22,23)(H,29,30,31)(H,32,33,34);;/q;2*+1/p-2. The molecule has 0 saturated carbocycles. The average Bonchev–Trinajstić information content (AvgIpc) is 2.73. The average molecular weight is 590 g/mol. The van der Waals surface area contributed by atoms with E-state index in [2.05, 4.69) is 25.5 Å². The molecule has 0 aliphatic heterocycles. The Balaban J connectivity index is 0.00000361. The van der Waals surface area contributed by atoms with E-state index in [1.54, 1.807) is 0 Å². The summed E-state index contributed by atoms with van der Waals surface area (Å²) in [6, 6.07) is 3.53. The van der Waals surface area contributed by atoms with Gasteiger partial charge in [0.05, 0.1) is 20.8 Å². The Hall–Kier alpha value is -1.87. The maximum absolute atomic E-state index is 13.3. The molecule has 2 heterocycles. The summed E-state index contributed by atoms with van der Waals surface area (Å²) in [7, 11) is -8.97. The van der Waals surface area contributed by atoms with Crippen molar-refractivity contribution in [1.82, 2.24) is 14.5 Å². The summed E-state index contributed by atoms with van der Waals surface area (Å²) in [6.45, 7) is 1.16. The Labute approximate surface area is 258 Å². The second-order valence-corrected chi connectivity index (χ2v) is 9.90. The molecule has 3 aromatic rings. The predicted octanol–water partition coefficient (Wildman–Crippen LogP) is -4.42. The third kappa shape index (κ3) is 8.31. The van der Waals surface area contributed by atoms with Gasteiger partial charge in [-0.15, -0.1) is 10.2 Å². The van der Waals surface area contributed by atoms with Gasteiger partial charge in [0, 0.05) is 24.4 Å². The third-order valence-electron chi connectivity index (χ3n) is 4.65. The minimum Gasteiger partial charge on any atom is -0.748 e. The van der Waals surface area contributed by atoms with Gasteiger partial charge in [-0.3, -0.25) is 9.36 Å². The van der Waals surface area contributed by atoms with Crippen LogP contribution in [0.3, 0.4) is 0 Å². The number of halogens is 2. The van der Waals surface area contributed by atoms with E-state index in [1.165, 1.54) is 0 Å². The number of benzene rings is 1. The second kappa shape index (κ2) is 13.0. The molecule has 3 rings (SSSR count). The molecule has 20 heteroatoms. The van der Waals surface area contributed by atoms with Crippen LogP contribution >= 0.6 is 0 Å². The van der Waals surface area contributed by atoms with Crippen molar-refractivity contribution in [3.05, 3.63) is 57.8 Å². The van der Waals surface area contributed by atoms with Crippen molar-refractivity contribution in [2.24, 2.45) is 17.3 Å². The van der Waals surface area contributed by atoms with Crippen molar-refractivity contribution < 1.29 is 98.9 Å². The van der Waals surface area contributed by atoms with Crippen LogP contribution in [0.15, 0.2) is 44.2 Å². The Kier molecular flexibility index (Phi) is 11.7. The zero-order valence-corrected chi connectivity index (χ0v) is 25.8. The van der Waals surface area contributed by atoms with Gasteiger partial charge in [-0.1, -0.05) is 0 Å². The molecule has 0 aliphatic carbocycles. The van der Waals surface area contributed by atoms with E-state index < -0.39 is 71.3 Å². The molecule has 0 spiro atoms. The molecule has 0 amide bonds. The van der Waals surface area contributed by atoms with Crippen LogP contribution in [0.2, 0.25) is 0 Å². The number of anilines is 2. The number of azo groups is 1. The molecule has 14 nitrogen and oxygen atoms in total. The van der Waals surface area contributed by atoms with Crippen LogP contribution in [0.5, 0.6) is 5.88 Å². The molecule has 0 fully saturated rings. The Bertz CT molecular complexity index is 1660. The fraction of sp³-hybridized carbons (Fsp3) is 0.167. The van der Waals surface area contributed by atoms with Crippen LogP contribution in [0.1, 0.15) is 11.1 Å². The summed E-state index contributed by atoms with van der Waals surface area (Å²) < 4.78 is 95.8. The number of nitrogens with one attached hydrogen (secondary N) is 1. The third-order valence-corrected chi connectivity index (χ3v) is 6.18. The molecule has 0 radical (unpaired) electrons. The van der Waals surface area contributed by atoms with Crippen molar-refractivity contribution in [3.8, 4) is 5.88 Å². The number of aromatic hydroxyl groups is 1. The van der Waals surface area contributed by atoms with E-state index in [4.69, 9.17) is 0 Å². The monoisotopic (exact) mass is 590 g/mol. The first-order chi connectivity index (χ1) is 16.6. The summed E-state index contributed by atoms with van der Waals surface area (Å²) in [5.74, 6) is -3.58. The van der Waals surface area contributed by atoms with E-state index in [1.807, 2.05) is 0 Å². The van der Waals surface area contributed by atoms with E-state index >= 15 is 0 Å². The molecule has 1 aromatic carbocycles. The van der Waals surface area contributed by atoms with Gasteiger partial charge in [0.2, 0.25) is 5.95 Å². The quantitative estimate of drug-likeness (QED) is 0.0879. The molecular weight excluding hydrogens is 576 g/mol. The number of hydrogen-bond donors (Lipinski definition) is 2. The van der Waals surface area contributed by atoms with Gasteiger partial charge in [0.1, 0.15) is 21.6 Å². The topological polar surface area (TPSA) is 219 Å². The van der Waals surface area contributed by atoms with Gasteiger partial charge in [0.15, 0.2) is 11.6 Å². The van der Waals surface area contributed by atoms with Crippen molar-refractivity contribution in [3.63, 3.8) is 0 Å². The van der Waals surface area contributed by atoms with Crippen LogP contribution < -0.4 is 70.0 Å². The molecule has 2 aromatic heterocycles. The number of nitrogens with zero attached hydrogens (tertiary/aromatic N) is 5. The van der Waals surface area contributed by atoms with Gasteiger partial charge in [-0.2, -0.15) is 18.7 Å². The SMILES string of the molecule is Cc1c(CS(=O)(=O)[O-])c(O)n(C)c(=O)c1N=Nc1cc(Nc2cc(F)nc(F)n2)ccc1S(=O)(=O)[O-].[Na+].[Na+]. The Morgan fingerprint density at radius 3 is 2.26 bits per heavy atom. The number of hydrogen-bond acceptors (Lipinski definition) is 13. The largest absolute Gasteiger partial charge is 1.00 e. The van der Waals surface area contributed by atoms with E-state index in [0.29, 0.717) is 4.57 Å². The summed E-state index contributed by atoms with van der Waals surface area (Å²) in [5.41, 5.74) is -2.91. The maximum Gasteiger partial charge on any atom is 1.00 e. The van der Waals surface area contributed by atoms with Crippen molar-refractivity contribution >= 4 is 43.1 Å². The summed E-state index contributed by atoms with van der Waals surface area (Å²) in [5, 5.41) is 19.8. The first-order valence-corrected chi connectivity index (χ1v) is 12.4. The molecule has 0 unspecified atom stereocenters. The number of aromatic nitrogens is 3. The zero-order chi connectivity index (χ0) is 27.0. The first kappa shape index (κ1) is 34.2. The van der Waals surface area contributed by atoms with Crippen LogP contribution in [0.25, 0.3) is 0 Å². The fourth-order valence-corrected chi connectivity index (χ4v) is 4.28. The number of pyridine rings is 1. The molecule has 0 saturated heterocycles. The zero-order valence-electron chi connectivity index (χ0n) is 20.1. The minimum atomic E-state index is -5.13. The van der Waals surface area contributed by atoms with Crippen LogP contribution in [-0.4, -0.2) is 45.6 Å². The molecular formula is C18H14F2N6Na2O8S2. The van der Waals surface area contributed by atoms with Crippen LogP contribution in [0, 0.1) is 18.9 Å². The van der Waals surface area contributed by atoms with Gasteiger partial charge in [-0.25, -0.2) is 16.8 Å². The smallest absolute Gasteiger partial charge is 0.748 e. The summed E-state index contributed by atoms with van der Waals surface area (Å²) in [6.07, 6.45) is -1.40. The predicted molar refractivity (Wildman–Crippen MR) is 115 cm³/mol. The van der Waals surface area contributed by atoms with Crippen LogP contribution in [0.4, 0.5) is 31.7 Å². The Morgan fingerprint density at radius 2 is 1.71 bits per heavy atom. The van der Waals surface area contributed by atoms with Crippen molar-refractivity contribution in [2.75, 3.05) is 5.32 Å². The molecule has 38 heavy (non-hydrogen) atoms. The molecule has 0 atom stereocenters. The van der Waals surface area contributed by atoms with Gasteiger partial charge >= 0.3 is 65.2 Å². The number of rotatable bonds is 7. The fourth-order valence-electron chi connectivity index (χ4n) is 2.99. The van der Waals surface area contributed by atoms with E-state index in [-0.39, 0.29) is 76.2 Å². The van der Waals surface area contributed by atoms with E-state index in [0.717, 1.165) is 38.2 Å². The van der Waals surface area contributed by atoms with E-state index in [9.17, 15) is 44.6 Å². The van der Waals surface area contributed by atoms with Gasteiger partial charge in [-0.05, 0) is 30.7 Å². The normalized spacial score (nSPS) is 11.6. The molecule has 0 bridgehead atoms. The maximum atomic E-state index is 13.3. The minimum absolute atomic E-state index is 0. The summed E-state index contributed by atoms with van der Waals surface area (Å²) in [4.78, 5) is 17.8. The van der Waals surface area contributed by atoms with Gasteiger partial charge in [0.25, 0.3) is 5.56 Å². The van der Waals surface area contributed by atoms with Crippen molar-refractivity contribution in [2.45, 2.75) is 17.6 Å². The first-order valence-electron chi connectivity index (χ1n) is 9.40. The van der Waals surface area contributed by atoms with Gasteiger partial charge < -0.3 is 19.5 Å². The summed E-state index contributed by atoms with van der Waals surface area (Å²) >= 11 is 0. The molecule has 0 aliphatic rings. The van der Waals surface area contributed by atoms with Crippen LogP contribution in [-0.2, 0) is 33.0 Å². The Morgan fingerprint density at radius 1 is 1.08 bits per heavy atom. The second-order valence-electron chi connectivity index (χ2n) is 7.15. The molecule has 2 N–H and O–H groups in total.